The van der Waals surface area contributed by atoms with Crippen molar-refractivity contribution in [3.8, 4) is 0 Å². The van der Waals surface area contributed by atoms with E-state index in [9.17, 15) is 9.90 Å². The first-order valence-electron chi connectivity index (χ1n) is 5.50. The van der Waals surface area contributed by atoms with E-state index in [-0.39, 0.29) is 11.5 Å². The highest BCUT2D eigenvalue weighted by Crippen LogP contribution is 2.27. The summed E-state index contributed by atoms with van der Waals surface area (Å²) in [7, 11) is 0. The van der Waals surface area contributed by atoms with Gasteiger partial charge in [0.2, 0.25) is 0 Å². The maximum absolute atomic E-state index is 11.6. The monoisotopic (exact) mass is 226 g/mol. The van der Waals surface area contributed by atoms with E-state index < -0.39 is 0 Å². The fraction of sp³-hybridized carbons (Fsp3) is 0.133. The van der Waals surface area contributed by atoms with Gasteiger partial charge in [0, 0.05) is 0 Å². The predicted molar refractivity (Wildman–Crippen MR) is 69.9 cm³/mol. The summed E-state index contributed by atoms with van der Waals surface area (Å²) in [5.41, 5.74) is 1.18. The molecule has 0 atom stereocenters. The zero-order valence-electron chi connectivity index (χ0n) is 9.90. The lowest BCUT2D eigenvalue weighted by atomic mass is 9.95. The zero-order chi connectivity index (χ0) is 12.4. The highest BCUT2D eigenvalue weighted by Gasteiger charge is 2.13. The van der Waals surface area contributed by atoms with Crippen molar-refractivity contribution in [1.29, 1.82) is 0 Å². The molecule has 17 heavy (non-hydrogen) atoms. The van der Waals surface area contributed by atoms with Crippen molar-refractivity contribution in [2.24, 2.45) is 0 Å². The van der Waals surface area contributed by atoms with E-state index in [4.69, 9.17) is 0 Å². The molecule has 0 radical (unpaired) electrons. The molecular weight excluding hydrogens is 212 g/mol. The van der Waals surface area contributed by atoms with Gasteiger partial charge in [0.25, 0.3) is 0 Å². The van der Waals surface area contributed by atoms with Crippen LogP contribution in [0.15, 0.2) is 48.2 Å². The third-order valence-corrected chi connectivity index (χ3v) is 2.77. The molecule has 2 nitrogen and oxygen atoms in total. The molecule has 0 bridgehead atoms. The van der Waals surface area contributed by atoms with Crippen molar-refractivity contribution in [1.82, 2.24) is 0 Å². The summed E-state index contributed by atoms with van der Waals surface area (Å²) in [4.78, 5) is 11.6. The molecule has 2 heteroatoms. The van der Waals surface area contributed by atoms with E-state index in [1.807, 2.05) is 42.5 Å². The number of hydrogen-bond donors (Lipinski definition) is 1. The van der Waals surface area contributed by atoms with Gasteiger partial charge in [0.15, 0.2) is 5.78 Å². The second kappa shape index (κ2) is 4.42. The smallest absolute Gasteiger partial charge is 0.163 e. The Kier molecular flexibility index (Phi) is 2.96. The predicted octanol–water partition coefficient (Wildman–Crippen LogP) is 3.72. The van der Waals surface area contributed by atoms with E-state index in [1.54, 1.807) is 6.92 Å². The van der Waals surface area contributed by atoms with Crippen molar-refractivity contribution in [2.75, 3.05) is 0 Å². The van der Waals surface area contributed by atoms with Crippen molar-refractivity contribution < 1.29 is 9.90 Å². The Morgan fingerprint density at radius 1 is 1.00 bits per heavy atom. The van der Waals surface area contributed by atoms with Gasteiger partial charge in [-0.25, -0.2) is 0 Å². The van der Waals surface area contributed by atoms with Gasteiger partial charge in [0.1, 0.15) is 5.76 Å². The minimum atomic E-state index is -0.124. The molecule has 0 saturated heterocycles. The molecule has 86 valence electrons. The number of carbonyl (C=O) groups excluding carboxylic acids is 1. The lowest BCUT2D eigenvalue weighted by molar-refractivity contribution is -0.111. The van der Waals surface area contributed by atoms with Gasteiger partial charge >= 0.3 is 0 Å². The maximum Gasteiger partial charge on any atom is 0.163 e. The third kappa shape index (κ3) is 2.07. The molecule has 0 spiro atoms. The number of hydrogen-bond acceptors (Lipinski definition) is 2. The first-order chi connectivity index (χ1) is 8.11. The summed E-state index contributed by atoms with van der Waals surface area (Å²) in [6.45, 7) is 3.01. The molecule has 0 heterocycles. The first-order valence-corrected chi connectivity index (χ1v) is 5.50. The molecule has 2 rings (SSSR count). The Bertz CT molecular complexity index is 600. The van der Waals surface area contributed by atoms with Crippen LogP contribution in [0.5, 0.6) is 0 Å². The van der Waals surface area contributed by atoms with Gasteiger partial charge in [0.05, 0.1) is 5.57 Å². The Labute approximate surface area is 100 Å². The molecular formula is C15H14O2. The van der Waals surface area contributed by atoms with Crippen LogP contribution in [0.4, 0.5) is 0 Å². The number of Topliss-reactive ketones (excluding diaryl/α,β-unsaturated/α-hetero) is 1. The van der Waals surface area contributed by atoms with Crippen LogP contribution in [0.25, 0.3) is 16.3 Å². The lowest BCUT2D eigenvalue weighted by Crippen LogP contribution is -2.00. The van der Waals surface area contributed by atoms with E-state index in [2.05, 4.69) is 0 Å². The largest absolute Gasteiger partial charge is 0.512 e. The Morgan fingerprint density at radius 2 is 1.65 bits per heavy atom. The Morgan fingerprint density at radius 3 is 2.29 bits per heavy atom. The van der Waals surface area contributed by atoms with Crippen molar-refractivity contribution >= 4 is 22.1 Å². The summed E-state index contributed by atoms with van der Waals surface area (Å²) in [5.74, 6) is -0.0600. The van der Waals surface area contributed by atoms with Crippen LogP contribution < -0.4 is 0 Å². The second-order valence-corrected chi connectivity index (χ2v) is 4.04. The zero-order valence-corrected chi connectivity index (χ0v) is 9.90. The number of fused-ring (bicyclic) bond motifs is 1. The fourth-order valence-electron chi connectivity index (χ4n) is 2.08. The summed E-state index contributed by atoms with van der Waals surface area (Å²) < 4.78 is 0. The third-order valence-electron chi connectivity index (χ3n) is 2.77. The summed E-state index contributed by atoms with van der Waals surface area (Å²) in [6.07, 6.45) is 0. The van der Waals surface area contributed by atoms with Crippen molar-refractivity contribution in [3.05, 3.63) is 53.8 Å². The van der Waals surface area contributed by atoms with Gasteiger partial charge in [-0.05, 0) is 30.2 Å². The van der Waals surface area contributed by atoms with Crippen LogP contribution in [0.3, 0.4) is 0 Å². The number of allylic oxidation sites excluding steroid dienone is 2. The molecule has 0 unspecified atom stereocenters. The maximum atomic E-state index is 11.6. The highest BCUT2D eigenvalue weighted by molar-refractivity contribution is 6.23. The summed E-state index contributed by atoms with van der Waals surface area (Å²) in [5, 5.41) is 11.7. The standard InChI is InChI=1S/C15H14O2/c1-10(16)15(11(2)17)14-9-5-7-12-6-3-4-8-13(12)14/h3-9,16H,1-2H3/b15-10-. The highest BCUT2D eigenvalue weighted by atomic mass is 16.3. The van der Waals surface area contributed by atoms with Crippen LogP contribution in [0.2, 0.25) is 0 Å². The van der Waals surface area contributed by atoms with Gasteiger partial charge in [-0.1, -0.05) is 42.5 Å². The molecule has 2 aromatic rings. The number of aliphatic hydroxyl groups is 1. The molecule has 0 aromatic heterocycles. The Hall–Kier alpha value is -2.09. The van der Waals surface area contributed by atoms with Crippen LogP contribution >= 0.6 is 0 Å². The van der Waals surface area contributed by atoms with E-state index in [0.717, 1.165) is 16.3 Å². The number of aliphatic hydroxyl groups excluding tert-OH is 1. The molecule has 1 N–H and O–H groups in total. The molecule has 0 amide bonds. The number of carbonyl (C=O) groups is 1. The SMILES string of the molecule is CC(=O)/C(=C(\C)O)c1cccc2ccccc12. The van der Waals surface area contributed by atoms with E-state index in [1.165, 1.54) is 6.92 Å². The van der Waals surface area contributed by atoms with Crippen LogP contribution in [0, 0.1) is 0 Å². The van der Waals surface area contributed by atoms with Crippen LogP contribution in [-0.4, -0.2) is 10.9 Å². The minimum absolute atomic E-state index is 0.0638. The summed E-state index contributed by atoms with van der Waals surface area (Å²) >= 11 is 0. The average Bonchev–Trinajstić information content (AvgIpc) is 2.28. The first kappa shape index (κ1) is 11.4. The molecule has 0 saturated carbocycles. The lowest BCUT2D eigenvalue weighted by Gasteiger charge is -2.09. The number of rotatable bonds is 2. The minimum Gasteiger partial charge on any atom is -0.512 e. The quantitative estimate of drug-likeness (QED) is 0.626. The van der Waals surface area contributed by atoms with Crippen molar-refractivity contribution in [2.45, 2.75) is 13.8 Å². The molecule has 0 aliphatic rings. The molecule has 0 aliphatic carbocycles. The van der Waals surface area contributed by atoms with Crippen LogP contribution in [-0.2, 0) is 4.79 Å². The van der Waals surface area contributed by atoms with Gasteiger partial charge in [-0.2, -0.15) is 0 Å². The van der Waals surface area contributed by atoms with Gasteiger partial charge in [-0.3, -0.25) is 4.79 Å². The molecule has 0 aliphatic heterocycles. The van der Waals surface area contributed by atoms with Gasteiger partial charge in [-0.15, -0.1) is 0 Å². The van der Waals surface area contributed by atoms with E-state index in [0.29, 0.717) is 5.57 Å². The molecule has 0 fully saturated rings. The fourth-order valence-corrected chi connectivity index (χ4v) is 2.08. The van der Waals surface area contributed by atoms with Crippen LogP contribution in [0.1, 0.15) is 19.4 Å². The average molecular weight is 226 g/mol. The topological polar surface area (TPSA) is 37.3 Å². The Balaban J connectivity index is 2.79. The van der Waals surface area contributed by atoms with Crippen molar-refractivity contribution in [3.63, 3.8) is 0 Å². The summed E-state index contributed by atoms with van der Waals surface area (Å²) in [6, 6.07) is 13.6. The second-order valence-electron chi connectivity index (χ2n) is 4.04. The van der Waals surface area contributed by atoms with E-state index >= 15 is 0 Å². The number of ketones is 1. The van der Waals surface area contributed by atoms with Gasteiger partial charge < -0.3 is 5.11 Å². The molecule has 2 aromatic carbocycles. The number of benzene rings is 2. The normalized spacial score (nSPS) is 12.4.